The van der Waals surface area contributed by atoms with Crippen molar-refractivity contribution in [1.29, 1.82) is 0 Å². The lowest BCUT2D eigenvalue weighted by molar-refractivity contribution is -0.113. The second-order valence-corrected chi connectivity index (χ2v) is 7.03. The monoisotopic (exact) mass is 390 g/mol. The zero-order chi connectivity index (χ0) is 19.3. The van der Waals surface area contributed by atoms with E-state index in [4.69, 9.17) is 5.10 Å². The van der Waals surface area contributed by atoms with E-state index in [1.807, 2.05) is 73.8 Å². The molecule has 0 aliphatic carbocycles. The minimum atomic E-state index is -0.135. The minimum Gasteiger partial charge on any atom is -0.312 e. The smallest absolute Gasteiger partial charge is 0.236 e. The normalized spacial score (nSPS) is 10.8. The molecule has 140 valence electrons. The third kappa shape index (κ3) is 3.96. The molecule has 8 heteroatoms. The quantitative estimate of drug-likeness (QED) is 0.511. The Bertz CT molecular complexity index is 1070. The lowest BCUT2D eigenvalue weighted by atomic mass is 10.2. The van der Waals surface area contributed by atoms with Crippen molar-refractivity contribution in [3.05, 3.63) is 73.1 Å². The minimum absolute atomic E-state index is 0.135. The molecule has 0 saturated heterocycles. The number of amides is 1. The number of carbonyl (C=O) groups excluding carboxylic acids is 1. The van der Waals surface area contributed by atoms with Crippen molar-refractivity contribution in [3.8, 4) is 16.9 Å². The molecule has 7 nitrogen and oxygen atoms in total. The number of rotatable bonds is 6. The van der Waals surface area contributed by atoms with Gasteiger partial charge in [0, 0.05) is 18.7 Å². The van der Waals surface area contributed by atoms with Crippen LogP contribution in [0.2, 0.25) is 0 Å². The van der Waals surface area contributed by atoms with E-state index in [1.54, 1.807) is 15.6 Å². The Morgan fingerprint density at radius 2 is 1.79 bits per heavy atom. The van der Waals surface area contributed by atoms with E-state index in [1.165, 1.54) is 11.8 Å². The molecule has 0 aliphatic heterocycles. The van der Waals surface area contributed by atoms with E-state index in [0.717, 1.165) is 16.9 Å². The highest BCUT2D eigenvalue weighted by Crippen LogP contribution is 2.25. The second kappa shape index (κ2) is 8.10. The van der Waals surface area contributed by atoms with Crippen LogP contribution in [-0.4, -0.2) is 36.2 Å². The van der Waals surface area contributed by atoms with Crippen LogP contribution in [0.1, 0.15) is 0 Å². The van der Waals surface area contributed by atoms with Gasteiger partial charge in [-0.25, -0.2) is 4.68 Å². The van der Waals surface area contributed by atoms with Crippen molar-refractivity contribution in [2.24, 2.45) is 7.05 Å². The van der Waals surface area contributed by atoms with Crippen LogP contribution in [-0.2, 0) is 11.8 Å². The SMILES string of the molecule is Cn1cnnc1SCC(=O)Nc1cc(-c2ccccc2)nn1-c1ccccc1. The summed E-state index contributed by atoms with van der Waals surface area (Å²) >= 11 is 1.33. The highest BCUT2D eigenvalue weighted by Gasteiger charge is 2.14. The molecule has 2 heterocycles. The van der Waals surface area contributed by atoms with Crippen LogP contribution in [0.15, 0.2) is 78.2 Å². The van der Waals surface area contributed by atoms with Gasteiger partial charge in [-0.05, 0) is 12.1 Å². The Morgan fingerprint density at radius 1 is 1.07 bits per heavy atom. The van der Waals surface area contributed by atoms with Crippen LogP contribution in [0.4, 0.5) is 5.82 Å². The van der Waals surface area contributed by atoms with Gasteiger partial charge in [-0.15, -0.1) is 10.2 Å². The fraction of sp³-hybridized carbons (Fsp3) is 0.100. The van der Waals surface area contributed by atoms with Crippen molar-refractivity contribution < 1.29 is 4.79 Å². The fourth-order valence-electron chi connectivity index (χ4n) is 2.70. The van der Waals surface area contributed by atoms with E-state index in [2.05, 4.69) is 15.5 Å². The lowest BCUT2D eigenvalue weighted by Gasteiger charge is -2.08. The van der Waals surface area contributed by atoms with E-state index in [0.29, 0.717) is 11.0 Å². The van der Waals surface area contributed by atoms with E-state index in [9.17, 15) is 4.79 Å². The van der Waals surface area contributed by atoms with Gasteiger partial charge >= 0.3 is 0 Å². The molecule has 2 aromatic heterocycles. The Labute approximate surface area is 166 Å². The van der Waals surface area contributed by atoms with Crippen molar-refractivity contribution in [2.45, 2.75) is 5.16 Å². The number of hydrogen-bond acceptors (Lipinski definition) is 5. The average Bonchev–Trinajstić information content (AvgIpc) is 3.34. The largest absolute Gasteiger partial charge is 0.312 e. The van der Waals surface area contributed by atoms with Crippen molar-refractivity contribution in [2.75, 3.05) is 11.1 Å². The topological polar surface area (TPSA) is 77.6 Å². The molecule has 4 aromatic rings. The summed E-state index contributed by atoms with van der Waals surface area (Å²) in [5, 5.41) is 16.2. The molecule has 0 aliphatic rings. The van der Waals surface area contributed by atoms with Crippen molar-refractivity contribution in [3.63, 3.8) is 0 Å². The number of carbonyl (C=O) groups is 1. The average molecular weight is 390 g/mol. The van der Waals surface area contributed by atoms with E-state index < -0.39 is 0 Å². The van der Waals surface area contributed by atoms with Gasteiger partial charge in [-0.2, -0.15) is 5.10 Å². The first-order valence-corrected chi connectivity index (χ1v) is 9.67. The molecule has 4 rings (SSSR count). The van der Waals surface area contributed by atoms with E-state index in [-0.39, 0.29) is 11.7 Å². The van der Waals surface area contributed by atoms with Gasteiger partial charge in [-0.3, -0.25) is 4.79 Å². The Morgan fingerprint density at radius 3 is 2.46 bits per heavy atom. The van der Waals surface area contributed by atoms with Gasteiger partial charge in [0.1, 0.15) is 12.1 Å². The molecule has 0 unspecified atom stereocenters. The molecule has 0 bridgehead atoms. The van der Waals surface area contributed by atoms with Gasteiger partial charge in [-0.1, -0.05) is 60.3 Å². The number of nitrogens with zero attached hydrogens (tertiary/aromatic N) is 5. The van der Waals surface area contributed by atoms with Crippen LogP contribution in [0.25, 0.3) is 16.9 Å². The molecule has 28 heavy (non-hydrogen) atoms. The maximum Gasteiger partial charge on any atom is 0.236 e. The molecular weight excluding hydrogens is 372 g/mol. The number of aryl methyl sites for hydroxylation is 1. The molecule has 0 spiro atoms. The number of para-hydroxylation sites is 1. The van der Waals surface area contributed by atoms with Gasteiger partial charge < -0.3 is 9.88 Å². The van der Waals surface area contributed by atoms with Gasteiger partial charge in [0.05, 0.1) is 17.1 Å². The summed E-state index contributed by atoms with van der Waals surface area (Å²) in [4.78, 5) is 12.5. The number of hydrogen-bond donors (Lipinski definition) is 1. The molecule has 0 fully saturated rings. The van der Waals surface area contributed by atoms with Crippen LogP contribution >= 0.6 is 11.8 Å². The Hall–Kier alpha value is -3.39. The maximum absolute atomic E-state index is 12.5. The van der Waals surface area contributed by atoms with Crippen LogP contribution in [0, 0.1) is 0 Å². The van der Waals surface area contributed by atoms with Crippen molar-refractivity contribution >= 4 is 23.5 Å². The van der Waals surface area contributed by atoms with Gasteiger partial charge in [0.15, 0.2) is 5.16 Å². The Balaban J connectivity index is 1.58. The zero-order valence-electron chi connectivity index (χ0n) is 15.2. The summed E-state index contributed by atoms with van der Waals surface area (Å²) in [5.41, 5.74) is 2.66. The van der Waals surface area contributed by atoms with Crippen molar-refractivity contribution in [1.82, 2.24) is 24.5 Å². The second-order valence-electron chi connectivity index (χ2n) is 6.09. The summed E-state index contributed by atoms with van der Waals surface area (Å²) in [6, 6.07) is 21.5. The van der Waals surface area contributed by atoms with Gasteiger partial charge in [0.2, 0.25) is 5.91 Å². The third-order valence-electron chi connectivity index (χ3n) is 4.05. The molecule has 2 aromatic carbocycles. The maximum atomic E-state index is 12.5. The number of nitrogens with one attached hydrogen (secondary N) is 1. The number of benzene rings is 2. The zero-order valence-corrected chi connectivity index (χ0v) is 16.0. The molecule has 0 atom stereocenters. The summed E-state index contributed by atoms with van der Waals surface area (Å²) < 4.78 is 3.52. The first kappa shape index (κ1) is 18.0. The predicted octanol–water partition coefficient (Wildman–Crippen LogP) is 3.40. The van der Waals surface area contributed by atoms with E-state index >= 15 is 0 Å². The highest BCUT2D eigenvalue weighted by molar-refractivity contribution is 7.99. The molecular formula is C20H18N6OS. The standard InChI is InChI=1S/C20H18N6OS/c1-25-14-21-23-20(25)28-13-19(27)22-18-12-17(15-8-4-2-5-9-15)24-26(18)16-10-6-3-7-11-16/h2-12,14H,13H2,1H3,(H,22,27). The van der Waals surface area contributed by atoms with Gasteiger partial charge in [0.25, 0.3) is 0 Å². The molecule has 0 radical (unpaired) electrons. The number of aromatic nitrogens is 5. The highest BCUT2D eigenvalue weighted by atomic mass is 32.2. The molecule has 1 amide bonds. The third-order valence-corrected chi connectivity index (χ3v) is 5.08. The van der Waals surface area contributed by atoms with Crippen LogP contribution in [0.5, 0.6) is 0 Å². The first-order chi connectivity index (χ1) is 13.7. The predicted molar refractivity (Wildman–Crippen MR) is 109 cm³/mol. The summed E-state index contributed by atoms with van der Waals surface area (Å²) in [6.45, 7) is 0. The fourth-order valence-corrected chi connectivity index (χ4v) is 3.39. The summed E-state index contributed by atoms with van der Waals surface area (Å²) in [6.07, 6.45) is 1.61. The lowest BCUT2D eigenvalue weighted by Crippen LogP contribution is -2.17. The number of thioether (sulfide) groups is 1. The Kier molecular flexibility index (Phi) is 5.20. The summed E-state index contributed by atoms with van der Waals surface area (Å²) in [7, 11) is 1.84. The molecule has 0 saturated carbocycles. The van der Waals surface area contributed by atoms with Crippen LogP contribution < -0.4 is 5.32 Å². The number of anilines is 1. The molecule has 1 N–H and O–H groups in total. The van der Waals surface area contributed by atoms with Crippen LogP contribution in [0.3, 0.4) is 0 Å². The first-order valence-electron chi connectivity index (χ1n) is 8.68. The summed E-state index contributed by atoms with van der Waals surface area (Å²) in [5.74, 6) is 0.714.